The molecule has 1 saturated carbocycles. The van der Waals surface area contributed by atoms with E-state index < -0.39 is 0 Å². The van der Waals surface area contributed by atoms with E-state index in [0.717, 1.165) is 25.1 Å². The first-order valence-electron chi connectivity index (χ1n) is 12.4. The molecule has 2 unspecified atom stereocenters. The molecule has 176 valence electrons. The molecule has 1 aromatic rings. The number of fused-ring (bicyclic) bond motifs is 3. The van der Waals surface area contributed by atoms with Gasteiger partial charge in [-0.05, 0) is 95.4 Å². The van der Waals surface area contributed by atoms with E-state index in [1.807, 2.05) is 0 Å². The van der Waals surface area contributed by atoms with Gasteiger partial charge in [0.05, 0.1) is 25.2 Å². The van der Waals surface area contributed by atoms with Crippen molar-refractivity contribution in [3.8, 4) is 0 Å². The van der Waals surface area contributed by atoms with Crippen LogP contribution >= 0.6 is 11.8 Å². The van der Waals surface area contributed by atoms with E-state index in [2.05, 4.69) is 64.3 Å². The van der Waals surface area contributed by atoms with E-state index in [-0.39, 0.29) is 11.2 Å². The number of likely N-dealkylation sites (tertiary alicyclic amines) is 1. The molecule has 0 spiro atoms. The van der Waals surface area contributed by atoms with Crippen molar-refractivity contribution in [3.63, 3.8) is 0 Å². The summed E-state index contributed by atoms with van der Waals surface area (Å²) in [5, 5.41) is 4.77. The predicted molar refractivity (Wildman–Crippen MR) is 135 cm³/mol. The molecule has 0 aromatic heterocycles. The third kappa shape index (κ3) is 4.80. The van der Waals surface area contributed by atoms with Crippen molar-refractivity contribution in [2.24, 2.45) is 11.1 Å². The highest BCUT2D eigenvalue weighted by molar-refractivity contribution is 7.98. The summed E-state index contributed by atoms with van der Waals surface area (Å²) in [7, 11) is 0. The first kappa shape index (κ1) is 23.8. The molecule has 1 aliphatic carbocycles. The van der Waals surface area contributed by atoms with E-state index >= 15 is 0 Å². The Morgan fingerprint density at radius 3 is 2.50 bits per heavy atom. The lowest BCUT2D eigenvalue weighted by Crippen LogP contribution is -2.60. The van der Waals surface area contributed by atoms with Gasteiger partial charge in [-0.1, -0.05) is 17.3 Å². The van der Waals surface area contributed by atoms with E-state index in [0.29, 0.717) is 12.5 Å². The summed E-state index contributed by atoms with van der Waals surface area (Å²) in [6, 6.07) is 8.81. The second kappa shape index (κ2) is 9.52. The maximum atomic E-state index is 6.61. The molecular formula is C27H41N2O2S+. The largest absolute Gasteiger partial charge is 0.389 e. The van der Waals surface area contributed by atoms with Gasteiger partial charge >= 0.3 is 0 Å². The molecule has 4 nitrogen and oxygen atoms in total. The molecule has 0 radical (unpaired) electrons. The van der Waals surface area contributed by atoms with Crippen LogP contribution in [-0.4, -0.2) is 60.4 Å². The van der Waals surface area contributed by atoms with Gasteiger partial charge in [0.25, 0.3) is 0 Å². The predicted octanol–water partition coefficient (Wildman–Crippen LogP) is 6.16. The van der Waals surface area contributed by atoms with Crippen molar-refractivity contribution in [3.05, 3.63) is 35.4 Å². The SMILES string of the molecule is CC[N+]1(CCO/N=C2\C(=C\c3ccc(SC)cc3)C3CCC2(C)OC3(C)C)CCCCC1. The molecule has 3 saturated heterocycles. The van der Waals surface area contributed by atoms with Crippen LogP contribution in [0, 0.1) is 5.92 Å². The van der Waals surface area contributed by atoms with Crippen molar-refractivity contribution < 1.29 is 14.1 Å². The average molecular weight is 458 g/mol. The summed E-state index contributed by atoms with van der Waals surface area (Å²) in [4.78, 5) is 7.33. The fraction of sp³-hybridized carbons (Fsp3) is 0.667. The summed E-state index contributed by atoms with van der Waals surface area (Å²) < 4.78 is 7.79. The first-order chi connectivity index (χ1) is 15.3. The van der Waals surface area contributed by atoms with Gasteiger partial charge < -0.3 is 14.1 Å². The Bertz CT molecular complexity index is 855. The summed E-state index contributed by atoms with van der Waals surface area (Å²) in [6.07, 6.45) is 10.6. The van der Waals surface area contributed by atoms with Crippen LogP contribution in [0.1, 0.15) is 65.4 Å². The molecule has 1 aromatic carbocycles. The molecule has 0 amide bonds. The number of hydrogen-bond acceptors (Lipinski definition) is 4. The summed E-state index contributed by atoms with van der Waals surface area (Å²) >= 11 is 1.78. The highest BCUT2D eigenvalue weighted by atomic mass is 32.2. The lowest BCUT2D eigenvalue weighted by molar-refractivity contribution is -0.931. The molecule has 32 heavy (non-hydrogen) atoms. The Hall–Kier alpha value is -1.30. The summed E-state index contributed by atoms with van der Waals surface area (Å²) in [5.74, 6) is 0.336. The molecule has 5 heteroatoms. The molecule has 2 bridgehead atoms. The van der Waals surface area contributed by atoms with Gasteiger partial charge in [-0.15, -0.1) is 11.8 Å². The van der Waals surface area contributed by atoms with Crippen molar-refractivity contribution in [2.45, 2.75) is 75.9 Å². The highest BCUT2D eigenvalue weighted by Gasteiger charge is 2.55. The average Bonchev–Trinajstić information content (AvgIpc) is 2.78. The fourth-order valence-electron chi connectivity index (χ4n) is 6.06. The Kier molecular flexibility index (Phi) is 7.09. The molecule has 3 heterocycles. The number of nitrogens with zero attached hydrogens (tertiary/aromatic N) is 2. The van der Waals surface area contributed by atoms with Gasteiger partial charge in [0.2, 0.25) is 0 Å². The summed E-state index contributed by atoms with van der Waals surface area (Å²) in [5.41, 5.74) is 2.95. The number of benzene rings is 1. The molecule has 5 rings (SSSR count). The zero-order chi connectivity index (χ0) is 22.8. The Morgan fingerprint density at radius 2 is 1.88 bits per heavy atom. The van der Waals surface area contributed by atoms with Crippen LogP contribution in [0.25, 0.3) is 6.08 Å². The molecule has 4 aliphatic rings. The van der Waals surface area contributed by atoms with Crippen LogP contribution in [0.15, 0.2) is 39.9 Å². The molecule has 0 N–H and O–H groups in total. The van der Waals surface area contributed by atoms with Gasteiger partial charge in [-0.3, -0.25) is 0 Å². The monoisotopic (exact) mass is 457 g/mol. The number of quaternary nitrogens is 1. The highest BCUT2D eigenvalue weighted by Crippen LogP contribution is 2.51. The standard InChI is InChI=1S/C27H41N2O2S/c1-6-29(16-8-7-9-17-29)18-19-30-28-25-23(20-21-10-12-22(32-5)13-11-21)24-14-15-27(25,4)31-26(24,2)3/h10-13,20,24H,6-9,14-19H2,1-5H3/q+1/b23-20+,28-25+. The van der Waals surface area contributed by atoms with Crippen molar-refractivity contribution >= 4 is 23.5 Å². The van der Waals surface area contributed by atoms with Crippen LogP contribution in [0.4, 0.5) is 0 Å². The molecule has 2 atom stereocenters. The minimum absolute atomic E-state index is 0.192. The number of ether oxygens (including phenoxy) is 1. The molecular weight excluding hydrogens is 416 g/mol. The number of rotatable bonds is 7. The smallest absolute Gasteiger partial charge is 0.165 e. The normalized spacial score (nSPS) is 31.2. The van der Waals surface area contributed by atoms with Crippen molar-refractivity contribution in [2.75, 3.05) is 39.0 Å². The van der Waals surface area contributed by atoms with Crippen molar-refractivity contribution in [1.29, 1.82) is 0 Å². The van der Waals surface area contributed by atoms with Gasteiger partial charge in [-0.2, -0.15) is 0 Å². The Balaban J connectivity index is 1.56. The Labute approximate surface area is 199 Å². The van der Waals surface area contributed by atoms with Crippen LogP contribution in [0.5, 0.6) is 0 Å². The lowest BCUT2D eigenvalue weighted by Gasteiger charge is -2.55. The van der Waals surface area contributed by atoms with E-state index in [9.17, 15) is 0 Å². The van der Waals surface area contributed by atoms with Crippen LogP contribution in [0.2, 0.25) is 0 Å². The maximum absolute atomic E-state index is 6.61. The second-order valence-corrected chi connectivity index (χ2v) is 11.4. The van der Waals surface area contributed by atoms with Gasteiger partial charge in [0, 0.05) is 10.8 Å². The first-order valence-corrected chi connectivity index (χ1v) is 13.7. The molecule has 4 fully saturated rings. The quantitative estimate of drug-likeness (QED) is 0.213. The third-order valence-corrected chi connectivity index (χ3v) is 8.82. The fourth-order valence-corrected chi connectivity index (χ4v) is 6.47. The number of likely N-dealkylation sites (N-methyl/N-ethyl adjacent to an activating group) is 1. The van der Waals surface area contributed by atoms with Gasteiger partial charge in [-0.25, -0.2) is 0 Å². The zero-order valence-electron chi connectivity index (χ0n) is 20.7. The number of hydrogen-bond donors (Lipinski definition) is 0. The lowest BCUT2D eigenvalue weighted by atomic mass is 9.64. The van der Waals surface area contributed by atoms with E-state index in [1.54, 1.807) is 11.8 Å². The summed E-state index contributed by atoms with van der Waals surface area (Å²) in [6.45, 7) is 14.4. The Morgan fingerprint density at radius 1 is 1.16 bits per heavy atom. The minimum Gasteiger partial charge on any atom is -0.389 e. The van der Waals surface area contributed by atoms with Crippen LogP contribution < -0.4 is 0 Å². The second-order valence-electron chi connectivity index (χ2n) is 10.6. The van der Waals surface area contributed by atoms with E-state index in [1.165, 1.54) is 59.4 Å². The maximum Gasteiger partial charge on any atom is 0.165 e. The van der Waals surface area contributed by atoms with Crippen LogP contribution in [-0.2, 0) is 9.57 Å². The number of oxime groups is 1. The van der Waals surface area contributed by atoms with Gasteiger partial charge in [0.1, 0.15) is 17.9 Å². The third-order valence-electron chi connectivity index (χ3n) is 8.07. The number of thioether (sulfide) groups is 1. The van der Waals surface area contributed by atoms with Crippen LogP contribution in [0.3, 0.4) is 0 Å². The topological polar surface area (TPSA) is 30.8 Å². The molecule has 3 aliphatic heterocycles. The zero-order valence-corrected chi connectivity index (χ0v) is 21.5. The minimum atomic E-state index is -0.383. The number of piperidine rings is 1. The van der Waals surface area contributed by atoms with Crippen molar-refractivity contribution in [1.82, 2.24) is 0 Å². The van der Waals surface area contributed by atoms with E-state index in [4.69, 9.17) is 14.7 Å². The van der Waals surface area contributed by atoms with Gasteiger partial charge in [0.15, 0.2) is 6.61 Å².